The summed E-state index contributed by atoms with van der Waals surface area (Å²) in [6.07, 6.45) is 4.19. The fraction of sp³-hybridized carbons (Fsp3) is 0.500. The lowest BCUT2D eigenvalue weighted by molar-refractivity contribution is 0.446. The number of halogens is 1. The average Bonchev–Trinajstić information content (AvgIpc) is 2.87. The summed E-state index contributed by atoms with van der Waals surface area (Å²) in [7, 11) is 0. The molecule has 0 bridgehead atoms. The van der Waals surface area contributed by atoms with Crippen LogP contribution in [0.1, 0.15) is 12.8 Å². The van der Waals surface area contributed by atoms with Gasteiger partial charge >= 0.3 is 0 Å². The van der Waals surface area contributed by atoms with Crippen molar-refractivity contribution in [3.63, 3.8) is 0 Å². The van der Waals surface area contributed by atoms with E-state index in [0.717, 1.165) is 35.7 Å². The third kappa shape index (κ3) is 2.18. The lowest BCUT2D eigenvalue weighted by Gasteiger charge is -2.32. The van der Waals surface area contributed by atoms with Crippen LogP contribution in [0.15, 0.2) is 17.8 Å². The Labute approximate surface area is 113 Å². The molecule has 0 radical (unpaired) electrons. The number of alkyl halides is 1. The van der Waals surface area contributed by atoms with Crippen LogP contribution in [0, 0.1) is 5.92 Å². The number of aromatic nitrogens is 2. The molecule has 1 fully saturated rings. The third-order valence-corrected chi connectivity index (χ3v) is 5.17. The summed E-state index contributed by atoms with van der Waals surface area (Å²) in [6, 6.07) is 2.07. The fourth-order valence-electron chi connectivity index (χ4n) is 2.30. The third-order valence-electron chi connectivity index (χ3n) is 3.36. The maximum absolute atomic E-state index is 4.47. The number of anilines is 1. The average molecular weight is 312 g/mol. The van der Waals surface area contributed by atoms with Gasteiger partial charge in [0.2, 0.25) is 0 Å². The molecule has 0 amide bonds. The summed E-state index contributed by atoms with van der Waals surface area (Å²) >= 11 is 5.32. The van der Waals surface area contributed by atoms with Crippen molar-refractivity contribution in [2.45, 2.75) is 12.8 Å². The molecule has 1 aliphatic heterocycles. The van der Waals surface area contributed by atoms with Gasteiger partial charge in [0.15, 0.2) is 0 Å². The fourth-order valence-corrected chi connectivity index (χ4v) is 3.81. The molecule has 90 valence electrons. The Kier molecular flexibility index (Phi) is 3.29. The van der Waals surface area contributed by atoms with Crippen LogP contribution in [-0.4, -0.2) is 28.4 Å². The zero-order valence-electron chi connectivity index (χ0n) is 9.47. The predicted molar refractivity (Wildman–Crippen MR) is 76.1 cm³/mol. The van der Waals surface area contributed by atoms with Crippen LogP contribution < -0.4 is 4.90 Å². The Balaban J connectivity index is 1.87. The minimum Gasteiger partial charge on any atom is -0.355 e. The van der Waals surface area contributed by atoms with Crippen molar-refractivity contribution in [3.05, 3.63) is 17.8 Å². The Bertz CT molecular complexity index is 505. The van der Waals surface area contributed by atoms with Gasteiger partial charge in [-0.25, -0.2) is 9.97 Å². The first-order chi connectivity index (χ1) is 8.38. The smallest absolute Gasteiger partial charge is 0.150 e. The van der Waals surface area contributed by atoms with Gasteiger partial charge in [0.1, 0.15) is 12.1 Å². The SMILES string of the molecule is BrCC1CCN(c2ncnc3ccsc23)CC1. The van der Waals surface area contributed by atoms with E-state index in [1.807, 2.05) is 0 Å². The maximum atomic E-state index is 4.47. The van der Waals surface area contributed by atoms with Crippen LogP contribution in [-0.2, 0) is 0 Å². The van der Waals surface area contributed by atoms with Gasteiger partial charge in [0.05, 0.1) is 10.2 Å². The van der Waals surface area contributed by atoms with Crippen LogP contribution in [0.5, 0.6) is 0 Å². The summed E-state index contributed by atoms with van der Waals surface area (Å²) in [5, 5.41) is 3.22. The predicted octanol–water partition coefficient (Wildman–Crippen LogP) is 3.30. The molecule has 0 spiro atoms. The Hall–Kier alpha value is -0.680. The molecule has 1 aliphatic rings. The Morgan fingerprint density at radius 1 is 1.35 bits per heavy atom. The summed E-state index contributed by atoms with van der Waals surface area (Å²) in [6.45, 7) is 2.22. The second-order valence-corrected chi connectivity index (χ2v) is 5.98. The number of rotatable bonds is 2. The topological polar surface area (TPSA) is 29.0 Å². The van der Waals surface area contributed by atoms with Crippen molar-refractivity contribution in [1.82, 2.24) is 9.97 Å². The molecule has 0 unspecified atom stereocenters. The minimum absolute atomic E-state index is 0.826. The molecule has 0 saturated carbocycles. The number of piperidine rings is 1. The molecular weight excluding hydrogens is 298 g/mol. The van der Waals surface area contributed by atoms with E-state index in [4.69, 9.17) is 0 Å². The standard InChI is InChI=1S/C12H14BrN3S/c13-7-9-1-4-16(5-2-9)12-11-10(3-6-17-11)14-8-15-12/h3,6,8-9H,1-2,4-5,7H2. The van der Waals surface area contributed by atoms with Gasteiger partial charge in [-0.1, -0.05) is 15.9 Å². The molecular formula is C12H14BrN3S. The Morgan fingerprint density at radius 3 is 2.94 bits per heavy atom. The molecule has 0 aliphatic carbocycles. The van der Waals surface area contributed by atoms with Gasteiger partial charge in [-0.05, 0) is 30.2 Å². The van der Waals surface area contributed by atoms with Crippen molar-refractivity contribution < 1.29 is 0 Å². The van der Waals surface area contributed by atoms with Gasteiger partial charge in [0, 0.05) is 18.4 Å². The number of fused-ring (bicyclic) bond motifs is 1. The molecule has 0 N–H and O–H groups in total. The molecule has 0 aromatic carbocycles. The van der Waals surface area contributed by atoms with Gasteiger partial charge in [-0.3, -0.25) is 0 Å². The highest BCUT2D eigenvalue weighted by atomic mass is 79.9. The summed E-state index contributed by atoms with van der Waals surface area (Å²) in [5.41, 5.74) is 1.07. The van der Waals surface area contributed by atoms with Crippen molar-refractivity contribution in [1.29, 1.82) is 0 Å². The van der Waals surface area contributed by atoms with Crippen LogP contribution in [0.3, 0.4) is 0 Å². The second-order valence-electron chi connectivity index (χ2n) is 4.42. The van der Waals surface area contributed by atoms with E-state index in [1.165, 1.54) is 17.5 Å². The molecule has 3 heterocycles. The first kappa shape index (κ1) is 11.4. The molecule has 1 saturated heterocycles. The summed E-state index contributed by atoms with van der Waals surface area (Å²) < 4.78 is 1.23. The van der Waals surface area contributed by atoms with E-state index in [9.17, 15) is 0 Å². The first-order valence-corrected chi connectivity index (χ1v) is 7.87. The van der Waals surface area contributed by atoms with Crippen LogP contribution in [0.2, 0.25) is 0 Å². The Morgan fingerprint density at radius 2 is 2.18 bits per heavy atom. The highest BCUT2D eigenvalue weighted by Gasteiger charge is 2.21. The van der Waals surface area contributed by atoms with Gasteiger partial charge in [0.25, 0.3) is 0 Å². The zero-order valence-corrected chi connectivity index (χ0v) is 11.9. The number of hydrogen-bond acceptors (Lipinski definition) is 4. The second kappa shape index (κ2) is 4.90. The quantitative estimate of drug-likeness (QED) is 0.797. The number of nitrogens with zero attached hydrogens (tertiary/aromatic N) is 3. The molecule has 2 aromatic rings. The molecule has 3 rings (SSSR count). The lowest BCUT2D eigenvalue weighted by Crippen LogP contribution is -2.34. The molecule has 17 heavy (non-hydrogen) atoms. The summed E-state index contributed by atoms with van der Waals surface area (Å²) in [5.74, 6) is 1.95. The zero-order chi connectivity index (χ0) is 11.7. The maximum Gasteiger partial charge on any atom is 0.150 e. The molecule has 5 heteroatoms. The number of thiophene rings is 1. The van der Waals surface area contributed by atoms with Crippen LogP contribution in [0.4, 0.5) is 5.82 Å². The minimum atomic E-state index is 0.826. The first-order valence-electron chi connectivity index (χ1n) is 5.87. The van der Waals surface area contributed by atoms with E-state index < -0.39 is 0 Å². The van der Waals surface area contributed by atoms with Crippen molar-refractivity contribution in [2.75, 3.05) is 23.3 Å². The summed E-state index contributed by atoms with van der Waals surface area (Å²) in [4.78, 5) is 11.2. The highest BCUT2D eigenvalue weighted by Crippen LogP contribution is 2.30. The van der Waals surface area contributed by atoms with E-state index in [-0.39, 0.29) is 0 Å². The van der Waals surface area contributed by atoms with Gasteiger partial charge < -0.3 is 4.90 Å². The van der Waals surface area contributed by atoms with Crippen molar-refractivity contribution in [2.24, 2.45) is 5.92 Å². The normalized spacial score (nSPS) is 17.8. The van der Waals surface area contributed by atoms with E-state index in [1.54, 1.807) is 17.7 Å². The lowest BCUT2D eigenvalue weighted by atomic mass is 9.99. The van der Waals surface area contributed by atoms with E-state index >= 15 is 0 Å². The van der Waals surface area contributed by atoms with Gasteiger partial charge in [-0.15, -0.1) is 11.3 Å². The van der Waals surface area contributed by atoms with Crippen LogP contribution >= 0.6 is 27.3 Å². The molecule has 2 aromatic heterocycles. The van der Waals surface area contributed by atoms with E-state index in [2.05, 4.69) is 42.2 Å². The molecule has 0 atom stereocenters. The monoisotopic (exact) mass is 311 g/mol. The van der Waals surface area contributed by atoms with Crippen LogP contribution in [0.25, 0.3) is 10.2 Å². The highest BCUT2D eigenvalue weighted by molar-refractivity contribution is 9.09. The van der Waals surface area contributed by atoms with Gasteiger partial charge in [-0.2, -0.15) is 0 Å². The molecule has 3 nitrogen and oxygen atoms in total. The van der Waals surface area contributed by atoms with Crippen molar-refractivity contribution >= 4 is 43.3 Å². The largest absolute Gasteiger partial charge is 0.355 e. The number of hydrogen-bond donors (Lipinski definition) is 0. The van der Waals surface area contributed by atoms with Crippen molar-refractivity contribution in [3.8, 4) is 0 Å². The van der Waals surface area contributed by atoms with E-state index in [0.29, 0.717) is 0 Å².